The smallest absolute Gasteiger partial charge is 0.262 e. The Morgan fingerprint density at radius 3 is 2.89 bits per heavy atom. The lowest BCUT2D eigenvalue weighted by Crippen LogP contribution is -2.32. The van der Waals surface area contributed by atoms with Crippen molar-refractivity contribution in [3.8, 4) is 11.8 Å². The van der Waals surface area contributed by atoms with E-state index in [2.05, 4.69) is 9.88 Å². The van der Waals surface area contributed by atoms with Gasteiger partial charge in [-0.25, -0.2) is 0 Å². The van der Waals surface area contributed by atoms with Gasteiger partial charge in [-0.2, -0.15) is 5.26 Å². The Bertz CT molecular complexity index is 963. The largest absolute Gasteiger partial charge is 0.376 e. The average molecular weight is 398 g/mol. The molecule has 1 amide bonds. The molecule has 1 fully saturated rings. The zero-order valence-corrected chi connectivity index (χ0v) is 17.1. The van der Waals surface area contributed by atoms with Crippen LogP contribution in [0.1, 0.15) is 35.4 Å². The fourth-order valence-electron chi connectivity index (χ4n) is 3.55. The standard InChI is InChI=1S/C22H24ClN3O2/c1-14-10-17(16(3)26(14)21-8-4-7-20(23)15(21)2)11-18(12-24)22(27)25-13-19-6-5-9-28-19/h4,7-8,10-11,19H,5-6,9,13H2,1-3H3,(H,25,27)/b18-11+/t19-/m0/s1. The quantitative estimate of drug-likeness (QED) is 0.605. The summed E-state index contributed by atoms with van der Waals surface area (Å²) in [7, 11) is 0. The molecule has 0 radical (unpaired) electrons. The lowest BCUT2D eigenvalue weighted by molar-refractivity contribution is -0.117. The number of hydrogen-bond acceptors (Lipinski definition) is 3. The Morgan fingerprint density at radius 1 is 1.43 bits per heavy atom. The van der Waals surface area contributed by atoms with Crippen LogP contribution in [0, 0.1) is 32.1 Å². The van der Waals surface area contributed by atoms with Gasteiger partial charge in [0.05, 0.1) is 6.10 Å². The molecule has 6 heteroatoms. The van der Waals surface area contributed by atoms with Crippen molar-refractivity contribution in [1.82, 2.24) is 9.88 Å². The van der Waals surface area contributed by atoms with Crippen molar-refractivity contribution < 1.29 is 9.53 Å². The van der Waals surface area contributed by atoms with Gasteiger partial charge in [0.1, 0.15) is 11.6 Å². The third-order valence-corrected chi connectivity index (χ3v) is 5.54. The zero-order valence-electron chi connectivity index (χ0n) is 16.4. The van der Waals surface area contributed by atoms with E-state index in [-0.39, 0.29) is 17.6 Å². The molecule has 1 aromatic carbocycles. The van der Waals surface area contributed by atoms with Crippen LogP contribution in [-0.2, 0) is 9.53 Å². The maximum Gasteiger partial charge on any atom is 0.262 e. The van der Waals surface area contributed by atoms with Gasteiger partial charge in [-0.05, 0) is 69.0 Å². The van der Waals surface area contributed by atoms with E-state index in [1.54, 1.807) is 6.08 Å². The Labute approximate surface area is 170 Å². The molecule has 0 aliphatic carbocycles. The summed E-state index contributed by atoms with van der Waals surface area (Å²) in [6.07, 6.45) is 3.63. The number of nitrogens with zero attached hydrogens (tertiary/aromatic N) is 2. The van der Waals surface area contributed by atoms with Crippen LogP contribution in [0.2, 0.25) is 5.02 Å². The van der Waals surface area contributed by atoms with E-state index in [4.69, 9.17) is 16.3 Å². The van der Waals surface area contributed by atoms with Crippen LogP contribution in [0.4, 0.5) is 0 Å². The minimum Gasteiger partial charge on any atom is -0.376 e. The van der Waals surface area contributed by atoms with Crippen LogP contribution in [-0.4, -0.2) is 29.7 Å². The van der Waals surface area contributed by atoms with Gasteiger partial charge in [0.15, 0.2) is 0 Å². The van der Waals surface area contributed by atoms with Crippen molar-refractivity contribution in [2.45, 2.75) is 39.7 Å². The molecule has 0 spiro atoms. The number of ether oxygens (including phenoxy) is 1. The Morgan fingerprint density at radius 2 is 2.21 bits per heavy atom. The van der Waals surface area contributed by atoms with E-state index in [0.717, 1.165) is 47.7 Å². The van der Waals surface area contributed by atoms with Crippen LogP contribution in [0.15, 0.2) is 29.8 Å². The highest BCUT2D eigenvalue weighted by Gasteiger charge is 2.19. The number of nitrogens with one attached hydrogen (secondary N) is 1. The molecule has 2 heterocycles. The van der Waals surface area contributed by atoms with Gasteiger partial charge in [-0.3, -0.25) is 4.79 Å². The number of carbonyl (C=O) groups excluding carboxylic acids is 1. The lowest BCUT2D eigenvalue weighted by Gasteiger charge is -2.13. The fraction of sp³-hybridized carbons (Fsp3) is 0.364. The maximum atomic E-state index is 12.4. The Balaban J connectivity index is 1.87. The van der Waals surface area contributed by atoms with Crippen LogP contribution in [0.3, 0.4) is 0 Å². The molecule has 1 N–H and O–H groups in total. The lowest BCUT2D eigenvalue weighted by atomic mass is 10.1. The predicted molar refractivity (Wildman–Crippen MR) is 111 cm³/mol. The third-order valence-electron chi connectivity index (χ3n) is 5.13. The van der Waals surface area contributed by atoms with Crippen molar-refractivity contribution in [3.05, 3.63) is 57.4 Å². The molecular weight excluding hydrogens is 374 g/mol. The summed E-state index contributed by atoms with van der Waals surface area (Å²) < 4.78 is 7.60. The van der Waals surface area contributed by atoms with Crippen LogP contribution in [0.5, 0.6) is 0 Å². The van der Waals surface area contributed by atoms with Crippen molar-refractivity contribution in [1.29, 1.82) is 5.26 Å². The third kappa shape index (κ3) is 4.14. The molecule has 1 aliphatic rings. The minimum atomic E-state index is -0.373. The van der Waals surface area contributed by atoms with Crippen LogP contribution >= 0.6 is 11.6 Å². The Hall–Kier alpha value is -2.55. The SMILES string of the molecule is Cc1c(Cl)cccc1-n1c(C)cc(/C=C(\C#N)C(=O)NC[C@@H]2CCCO2)c1C. The molecule has 1 atom stereocenters. The molecule has 3 rings (SSSR count). The summed E-state index contributed by atoms with van der Waals surface area (Å²) in [6, 6.07) is 9.78. The molecule has 1 saturated heterocycles. The number of benzene rings is 1. The number of aromatic nitrogens is 1. The topological polar surface area (TPSA) is 67.0 Å². The molecule has 2 aromatic rings. The van der Waals surface area contributed by atoms with E-state index >= 15 is 0 Å². The van der Waals surface area contributed by atoms with Crippen LogP contribution in [0.25, 0.3) is 11.8 Å². The van der Waals surface area contributed by atoms with Gasteiger partial charge in [-0.15, -0.1) is 0 Å². The number of rotatable bonds is 5. The first-order valence-electron chi connectivity index (χ1n) is 9.38. The summed E-state index contributed by atoms with van der Waals surface area (Å²) in [4.78, 5) is 12.4. The monoisotopic (exact) mass is 397 g/mol. The van der Waals surface area contributed by atoms with E-state index < -0.39 is 0 Å². The molecular formula is C22H24ClN3O2. The molecule has 1 aromatic heterocycles. The Kier molecular flexibility index (Phi) is 6.23. The van der Waals surface area contributed by atoms with Gasteiger partial charge in [0, 0.05) is 35.2 Å². The van der Waals surface area contributed by atoms with E-state index in [0.29, 0.717) is 11.6 Å². The number of nitriles is 1. The van der Waals surface area contributed by atoms with Gasteiger partial charge >= 0.3 is 0 Å². The van der Waals surface area contributed by atoms with E-state index in [1.165, 1.54) is 0 Å². The van der Waals surface area contributed by atoms with Crippen LogP contribution < -0.4 is 5.32 Å². The highest BCUT2D eigenvalue weighted by molar-refractivity contribution is 6.31. The molecule has 0 saturated carbocycles. The molecule has 146 valence electrons. The summed E-state index contributed by atoms with van der Waals surface area (Å²) in [6.45, 7) is 7.10. The molecule has 0 unspecified atom stereocenters. The summed E-state index contributed by atoms with van der Waals surface area (Å²) in [5.41, 5.74) is 4.84. The maximum absolute atomic E-state index is 12.4. The fourth-order valence-corrected chi connectivity index (χ4v) is 3.72. The summed E-state index contributed by atoms with van der Waals surface area (Å²) >= 11 is 6.28. The van der Waals surface area contributed by atoms with Crippen molar-refractivity contribution in [2.75, 3.05) is 13.2 Å². The first-order chi connectivity index (χ1) is 13.4. The van der Waals surface area contributed by atoms with Crippen molar-refractivity contribution in [2.24, 2.45) is 0 Å². The first kappa shape index (κ1) is 20.2. The van der Waals surface area contributed by atoms with Gasteiger partial charge in [0.2, 0.25) is 0 Å². The summed E-state index contributed by atoms with van der Waals surface area (Å²) in [5, 5.41) is 13.0. The van der Waals surface area contributed by atoms with Crippen molar-refractivity contribution in [3.63, 3.8) is 0 Å². The normalized spacial score (nSPS) is 16.8. The number of halogens is 1. The average Bonchev–Trinajstić information content (AvgIpc) is 3.28. The second-order valence-electron chi connectivity index (χ2n) is 7.06. The van der Waals surface area contributed by atoms with Gasteiger partial charge < -0.3 is 14.6 Å². The molecule has 0 bridgehead atoms. The molecule has 28 heavy (non-hydrogen) atoms. The second kappa shape index (κ2) is 8.64. The van der Waals surface area contributed by atoms with Crippen molar-refractivity contribution >= 4 is 23.6 Å². The molecule has 5 nitrogen and oxygen atoms in total. The molecule has 1 aliphatic heterocycles. The summed E-state index contributed by atoms with van der Waals surface area (Å²) in [5.74, 6) is -0.373. The van der Waals surface area contributed by atoms with E-state index in [9.17, 15) is 10.1 Å². The number of amides is 1. The second-order valence-corrected chi connectivity index (χ2v) is 7.47. The van der Waals surface area contributed by atoms with Gasteiger partial charge in [0.25, 0.3) is 5.91 Å². The van der Waals surface area contributed by atoms with E-state index in [1.807, 2.05) is 51.1 Å². The highest BCUT2D eigenvalue weighted by Crippen LogP contribution is 2.28. The first-order valence-corrected chi connectivity index (χ1v) is 9.76. The minimum absolute atomic E-state index is 0.0414. The number of aryl methyl sites for hydroxylation is 1. The number of hydrogen-bond donors (Lipinski definition) is 1. The highest BCUT2D eigenvalue weighted by atomic mass is 35.5. The zero-order chi connectivity index (χ0) is 20.3. The predicted octanol–water partition coefficient (Wildman–Crippen LogP) is 4.26. The number of carbonyl (C=O) groups is 1. The van der Waals surface area contributed by atoms with Gasteiger partial charge in [-0.1, -0.05) is 17.7 Å².